The van der Waals surface area contributed by atoms with E-state index in [4.69, 9.17) is 35.4 Å². The zero-order valence-corrected chi connectivity index (χ0v) is 21.3. The summed E-state index contributed by atoms with van der Waals surface area (Å²) in [6.45, 7) is 2.18. The molecule has 0 saturated heterocycles. The Labute approximate surface area is 215 Å². The lowest BCUT2D eigenvalue weighted by Gasteiger charge is -2.36. The molecule has 1 atom stereocenters. The SMILES string of the molecule is CN1C(C(=O)c2ccc(Cl)cc2)=CCC1(C)Cc1ccc(NC(=S)Nc2ccc(Cl)cc2)cc1. The maximum atomic E-state index is 13.0. The number of carbonyl (C=O) groups excluding carboxylic acids is 1. The molecule has 0 saturated carbocycles. The number of carbonyl (C=O) groups is 1. The first kappa shape index (κ1) is 24.3. The van der Waals surface area contributed by atoms with Crippen LogP contribution in [0.1, 0.15) is 29.3 Å². The molecular weight excluding hydrogens is 485 g/mol. The van der Waals surface area contributed by atoms with Gasteiger partial charge < -0.3 is 15.5 Å². The number of nitrogens with one attached hydrogen (secondary N) is 2. The van der Waals surface area contributed by atoms with Crippen molar-refractivity contribution < 1.29 is 4.79 Å². The van der Waals surface area contributed by atoms with Crippen LogP contribution < -0.4 is 10.6 Å². The lowest BCUT2D eigenvalue weighted by atomic mass is 9.90. The monoisotopic (exact) mass is 509 g/mol. The highest BCUT2D eigenvalue weighted by molar-refractivity contribution is 7.80. The molecule has 0 radical (unpaired) electrons. The molecule has 4 rings (SSSR count). The molecule has 0 aromatic heterocycles. The third kappa shape index (κ3) is 5.61. The van der Waals surface area contributed by atoms with Crippen molar-refractivity contribution in [1.82, 2.24) is 4.90 Å². The minimum absolute atomic E-state index is 0.0177. The van der Waals surface area contributed by atoms with E-state index in [0.717, 1.165) is 29.9 Å². The largest absolute Gasteiger partial charge is 0.366 e. The van der Waals surface area contributed by atoms with Crippen LogP contribution in [-0.2, 0) is 6.42 Å². The number of benzene rings is 3. The lowest BCUT2D eigenvalue weighted by Crippen LogP contribution is -2.42. The van der Waals surface area contributed by atoms with Gasteiger partial charge in [0, 0.05) is 39.6 Å². The molecule has 3 aromatic carbocycles. The fourth-order valence-corrected chi connectivity index (χ4v) is 4.53. The first-order valence-electron chi connectivity index (χ1n) is 10.9. The van der Waals surface area contributed by atoms with Crippen LogP contribution in [0.2, 0.25) is 10.0 Å². The Kier molecular flexibility index (Phi) is 7.27. The van der Waals surface area contributed by atoms with Gasteiger partial charge >= 0.3 is 0 Å². The quantitative estimate of drug-likeness (QED) is 0.271. The molecule has 1 aliphatic heterocycles. The van der Waals surface area contributed by atoms with Gasteiger partial charge in [-0.25, -0.2) is 0 Å². The average Bonchev–Trinajstić information content (AvgIpc) is 3.11. The molecule has 2 N–H and O–H groups in total. The predicted molar refractivity (Wildman–Crippen MR) is 146 cm³/mol. The highest BCUT2D eigenvalue weighted by atomic mass is 35.5. The lowest BCUT2D eigenvalue weighted by molar-refractivity contribution is 0.0967. The summed E-state index contributed by atoms with van der Waals surface area (Å²) in [5.74, 6) is 0.0177. The summed E-state index contributed by atoms with van der Waals surface area (Å²) >= 11 is 17.3. The van der Waals surface area contributed by atoms with Crippen LogP contribution in [0.25, 0.3) is 0 Å². The number of Topliss-reactive ketones (excluding diaryl/α,β-unsaturated/α-hetero) is 1. The third-order valence-electron chi connectivity index (χ3n) is 6.14. The second-order valence-corrected chi connectivity index (χ2v) is 9.93. The number of anilines is 2. The minimum atomic E-state index is -0.183. The van der Waals surface area contributed by atoms with E-state index in [-0.39, 0.29) is 11.3 Å². The van der Waals surface area contributed by atoms with Crippen molar-refractivity contribution in [2.75, 3.05) is 17.7 Å². The molecule has 0 fully saturated rings. The van der Waals surface area contributed by atoms with Gasteiger partial charge in [-0.15, -0.1) is 0 Å². The fraction of sp³-hybridized carbons (Fsp3) is 0.185. The van der Waals surface area contributed by atoms with Crippen molar-refractivity contribution in [1.29, 1.82) is 0 Å². The summed E-state index contributed by atoms with van der Waals surface area (Å²) in [6, 6.07) is 22.6. The number of halogens is 2. The summed E-state index contributed by atoms with van der Waals surface area (Å²) in [5, 5.41) is 8.15. The van der Waals surface area contributed by atoms with Crippen LogP contribution in [0, 0.1) is 0 Å². The van der Waals surface area contributed by atoms with E-state index in [9.17, 15) is 4.79 Å². The summed E-state index contributed by atoms with van der Waals surface area (Å²) < 4.78 is 0. The van der Waals surface area contributed by atoms with Crippen LogP contribution in [0.15, 0.2) is 84.6 Å². The molecule has 0 bridgehead atoms. The van der Waals surface area contributed by atoms with Gasteiger partial charge in [0.15, 0.2) is 5.11 Å². The molecule has 1 unspecified atom stereocenters. The van der Waals surface area contributed by atoms with E-state index in [0.29, 0.717) is 20.7 Å². The predicted octanol–water partition coefficient (Wildman–Crippen LogP) is 7.21. The van der Waals surface area contributed by atoms with Crippen molar-refractivity contribution in [3.8, 4) is 0 Å². The summed E-state index contributed by atoms with van der Waals surface area (Å²) in [5.41, 5.74) is 4.14. The molecule has 1 heterocycles. The highest BCUT2D eigenvalue weighted by Gasteiger charge is 2.37. The molecule has 0 aliphatic carbocycles. The Bertz CT molecular complexity index is 1220. The van der Waals surface area contributed by atoms with Gasteiger partial charge in [-0.3, -0.25) is 4.79 Å². The molecule has 4 nitrogen and oxygen atoms in total. The molecular formula is C27H25Cl2N3OS. The Morgan fingerprint density at radius 2 is 1.41 bits per heavy atom. The van der Waals surface area contributed by atoms with Crippen molar-refractivity contribution in [2.45, 2.75) is 25.3 Å². The van der Waals surface area contributed by atoms with Crippen LogP contribution >= 0.6 is 35.4 Å². The Morgan fingerprint density at radius 1 is 0.912 bits per heavy atom. The summed E-state index contributed by atoms with van der Waals surface area (Å²) in [4.78, 5) is 15.1. The highest BCUT2D eigenvalue weighted by Crippen LogP contribution is 2.35. The molecule has 7 heteroatoms. The number of nitrogens with zero attached hydrogens (tertiary/aromatic N) is 1. The maximum Gasteiger partial charge on any atom is 0.208 e. The van der Waals surface area contributed by atoms with E-state index in [1.165, 1.54) is 5.56 Å². The second kappa shape index (κ2) is 10.2. The number of hydrogen-bond acceptors (Lipinski definition) is 3. The molecule has 34 heavy (non-hydrogen) atoms. The summed E-state index contributed by atoms with van der Waals surface area (Å²) in [7, 11) is 1.99. The minimum Gasteiger partial charge on any atom is -0.366 e. The van der Waals surface area contributed by atoms with Crippen LogP contribution in [0.3, 0.4) is 0 Å². The van der Waals surface area contributed by atoms with Crippen molar-refractivity contribution in [3.05, 3.63) is 106 Å². The van der Waals surface area contributed by atoms with Crippen molar-refractivity contribution in [3.63, 3.8) is 0 Å². The van der Waals surface area contributed by atoms with Crippen LogP contribution in [0.4, 0.5) is 11.4 Å². The van der Waals surface area contributed by atoms with Crippen LogP contribution in [-0.4, -0.2) is 28.4 Å². The number of allylic oxidation sites excluding steroid dienone is 1. The van der Waals surface area contributed by atoms with E-state index in [2.05, 4.69) is 34.6 Å². The third-order valence-corrected chi connectivity index (χ3v) is 6.85. The smallest absolute Gasteiger partial charge is 0.208 e. The number of thiocarbonyl (C=S) groups is 1. The topological polar surface area (TPSA) is 44.4 Å². The van der Waals surface area contributed by atoms with E-state index in [1.807, 2.05) is 49.5 Å². The van der Waals surface area contributed by atoms with E-state index >= 15 is 0 Å². The van der Waals surface area contributed by atoms with Gasteiger partial charge in [0.1, 0.15) is 0 Å². The normalized spacial score (nSPS) is 17.3. The molecule has 0 amide bonds. The van der Waals surface area contributed by atoms with Gasteiger partial charge in [0.25, 0.3) is 0 Å². The van der Waals surface area contributed by atoms with Crippen LogP contribution in [0.5, 0.6) is 0 Å². The van der Waals surface area contributed by atoms with E-state index in [1.54, 1.807) is 24.3 Å². The van der Waals surface area contributed by atoms with Gasteiger partial charge in [0.05, 0.1) is 5.70 Å². The number of hydrogen-bond donors (Lipinski definition) is 2. The van der Waals surface area contributed by atoms with Gasteiger partial charge in [-0.05, 0) is 98.2 Å². The first-order chi connectivity index (χ1) is 16.2. The summed E-state index contributed by atoms with van der Waals surface area (Å²) in [6.07, 6.45) is 3.64. The number of ketones is 1. The molecule has 174 valence electrons. The average molecular weight is 510 g/mol. The Morgan fingerprint density at radius 3 is 1.97 bits per heavy atom. The van der Waals surface area contributed by atoms with Crippen molar-refractivity contribution in [2.24, 2.45) is 0 Å². The second-order valence-electron chi connectivity index (χ2n) is 8.65. The van der Waals surface area contributed by atoms with Gasteiger partial charge in [-0.2, -0.15) is 0 Å². The first-order valence-corrected chi connectivity index (χ1v) is 12.1. The van der Waals surface area contributed by atoms with E-state index < -0.39 is 0 Å². The number of likely N-dealkylation sites (N-methyl/N-ethyl adjacent to an activating group) is 1. The van der Waals surface area contributed by atoms with Gasteiger partial charge in [0.2, 0.25) is 5.78 Å². The van der Waals surface area contributed by atoms with Crippen molar-refractivity contribution >= 4 is 57.7 Å². The molecule has 1 aliphatic rings. The Hall–Kier alpha value is -2.86. The standard InChI is InChI=1S/C27H25Cl2N3OS/c1-27(16-15-24(32(27)2)25(33)19-5-7-20(28)8-6-19)17-18-3-11-22(12-4-18)30-26(34)31-23-13-9-21(29)10-14-23/h3-15H,16-17H2,1-2H3,(H2,30,31,34). The Balaban J connectivity index is 1.36. The molecule has 3 aromatic rings. The zero-order chi connectivity index (χ0) is 24.3. The zero-order valence-electron chi connectivity index (χ0n) is 18.9. The fourth-order valence-electron chi connectivity index (χ4n) is 4.04. The maximum absolute atomic E-state index is 13.0. The molecule has 0 spiro atoms. The number of rotatable bonds is 6. The van der Waals surface area contributed by atoms with Gasteiger partial charge in [-0.1, -0.05) is 41.4 Å².